The minimum absolute atomic E-state index is 0.207. The first-order valence-electron chi connectivity index (χ1n) is 5.41. The molecule has 0 spiro atoms. The second-order valence-corrected chi connectivity index (χ2v) is 5.40. The zero-order chi connectivity index (χ0) is 13.0. The Bertz CT molecular complexity index is 556. The number of nitrogens with two attached hydrogens (primary N) is 1. The molecule has 0 saturated carbocycles. The molecule has 18 heavy (non-hydrogen) atoms. The largest absolute Gasteiger partial charge is 0.330 e. The number of rotatable bonds is 4. The Morgan fingerprint density at radius 3 is 2.94 bits per heavy atom. The van der Waals surface area contributed by atoms with Crippen LogP contribution in [0.25, 0.3) is 0 Å². The monoisotopic (exact) mass is 325 g/mol. The van der Waals surface area contributed by atoms with Crippen molar-refractivity contribution in [1.29, 1.82) is 0 Å². The summed E-state index contributed by atoms with van der Waals surface area (Å²) < 4.78 is 0.843. The molecule has 6 heteroatoms. The number of halogens is 1. The highest BCUT2D eigenvalue weighted by Gasteiger charge is 2.11. The average Bonchev–Trinajstić information content (AvgIpc) is 2.81. The van der Waals surface area contributed by atoms with E-state index in [1.807, 2.05) is 24.3 Å². The van der Waals surface area contributed by atoms with Crippen LogP contribution in [0.4, 0.5) is 5.69 Å². The zero-order valence-electron chi connectivity index (χ0n) is 9.52. The number of nitrogens with zero attached hydrogens (tertiary/aromatic N) is 1. The van der Waals surface area contributed by atoms with Crippen LogP contribution in [0.5, 0.6) is 0 Å². The fraction of sp³-hybridized carbons (Fsp3) is 0.167. The first-order valence-corrected chi connectivity index (χ1v) is 7.08. The lowest BCUT2D eigenvalue weighted by Crippen LogP contribution is -2.13. The van der Waals surface area contributed by atoms with Crippen molar-refractivity contribution in [2.75, 3.05) is 11.9 Å². The second-order valence-electron chi connectivity index (χ2n) is 3.60. The number of para-hydroxylation sites is 1. The molecule has 0 aliphatic heterocycles. The maximum atomic E-state index is 12.0. The minimum Gasteiger partial charge on any atom is -0.330 e. The lowest BCUT2D eigenvalue weighted by molar-refractivity contribution is 0.102. The Labute approximate surface area is 117 Å². The fourth-order valence-electron chi connectivity index (χ4n) is 1.40. The molecule has 2 aromatic rings. The smallest absolute Gasteiger partial charge is 0.275 e. The van der Waals surface area contributed by atoms with Crippen molar-refractivity contribution in [3.05, 3.63) is 44.8 Å². The summed E-state index contributed by atoms with van der Waals surface area (Å²) >= 11 is 4.83. The van der Waals surface area contributed by atoms with Crippen LogP contribution >= 0.6 is 27.3 Å². The molecule has 1 aromatic heterocycles. The third-order valence-corrected chi connectivity index (χ3v) is 3.86. The van der Waals surface area contributed by atoms with Crippen LogP contribution in [0, 0.1) is 0 Å². The summed E-state index contributed by atoms with van der Waals surface area (Å²) in [6.07, 6.45) is 0.701. The standard InChI is InChI=1S/C12H12BrN3OS/c13-8-3-1-2-4-9(8)16-12(17)10-7-18-11(15-10)5-6-14/h1-4,7H,5-6,14H2,(H,16,17). The Balaban J connectivity index is 2.10. The molecule has 1 amide bonds. The number of carbonyl (C=O) groups is 1. The van der Waals surface area contributed by atoms with Gasteiger partial charge < -0.3 is 11.1 Å². The molecule has 94 valence electrons. The van der Waals surface area contributed by atoms with Gasteiger partial charge in [-0.15, -0.1) is 11.3 Å². The number of anilines is 1. The molecule has 0 aliphatic rings. The van der Waals surface area contributed by atoms with Gasteiger partial charge in [0.2, 0.25) is 0 Å². The summed E-state index contributed by atoms with van der Waals surface area (Å²) in [5.41, 5.74) is 6.61. The first kappa shape index (κ1) is 13.2. The predicted molar refractivity (Wildman–Crippen MR) is 77.0 cm³/mol. The van der Waals surface area contributed by atoms with E-state index >= 15 is 0 Å². The number of amides is 1. The molecule has 0 unspecified atom stereocenters. The van der Waals surface area contributed by atoms with Crippen molar-refractivity contribution < 1.29 is 4.79 Å². The van der Waals surface area contributed by atoms with Crippen LogP contribution in [-0.2, 0) is 6.42 Å². The summed E-state index contributed by atoms with van der Waals surface area (Å²) in [6, 6.07) is 7.45. The molecule has 4 nitrogen and oxygen atoms in total. The fourth-order valence-corrected chi connectivity index (χ4v) is 2.58. The zero-order valence-corrected chi connectivity index (χ0v) is 11.9. The van der Waals surface area contributed by atoms with Crippen molar-refractivity contribution in [3.8, 4) is 0 Å². The van der Waals surface area contributed by atoms with Gasteiger partial charge in [-0.2, -0.15) is 0 Å². The van der Waals surface area contributed by atoms with Crippen LogP contribution < -0.4 is 11.1 Å². The van der Waals surface area contributed by atoms with Crippen molar-refractivity contribution in [3.63, 3.8) is 0 Å². The molecule has 2 rings (SSSR count). The van der Waals surface area contributed by atoms with Crippen LogP contribution in [0.15, 0.2) is 34.1 Å². The van der Waals surface area contributed by atoms with Gasteiger partial charge in [-0.05, 0) is 34.6 Å². The van der Waals surface area contributed by atoms with E-state index in [9.17, 15) is 4.79 Å². The van der Waals surface area contributed by atoms with Gasteiger partial charge in [0, 0.05) is 16.3 Å². The maximum Gasteiger partial charge on any atom is 0.275 e. The highest BCUT2D eigenvalue weighted by atomic mass is 79.9. The molecule has 0 saturated heterocycles. The predicted octanol–water partition coefficient (Wildman–Crippen LogP) is 2.66. The van der Waals surface area contributed by atoms with Crippen molar-refractivity contribution in [2.24, 2.45) is 5.73 Å². The Kier molecular flexibility index (Phi) is 4.46. The van der Waals surface area contributed by atoms with Gasteiger partial charge >= 0.3 is 0 Å². The Hall–Kier alpha value is -1.24. The van der Waals surface area contributed by atoms with Gasteiger partial charge in [-0.25, -0.2) is 4.98 Å². The topological polar surface area (TPSA) is 68.0 Å². The van der Waals surface area contributed by atoms with Crippen LogP contribution in [0.2, 0.25) is 0 Å². The van der Waals surface area contributed by atoms with E-state index in [1.165, 1.54) is 11.3 Å². The number of carbonyl (C=O) groups excluding carboxylic acids is 1. The van der Waals surface area contributed by atoms with Gasteiger partial charge in [-0.3, -0.25) is 4.79 Å². The van der Waals surface area contributed by atoms with E-state index in [0.717, 1.165) is 15.2 Å². The van der Waals surface area contributed by atoms with E-state index in [2.05, 4.69) is 26.2 Å². The Morgan fingerprint density at radius 1 is 1.44 bits per heavy atom. The number of aromatic nitrogens is 1. The summed E-state index contributed by atoms with van der Waals surface area (Å²) in [4.78, 5) is 16.2. The number of hydrogen-bond donors (Lipinski definition) is 2. The summed E-state index contributed by atoms with van der Waals surface area (Å²) in [7, 11) is 0. The number of nitrogens with one attached hydrogen (secondary N) is 1. The van der Waals surface area contributed by atoms with E-state index in [4.69, 9.17) is 5.73 Å². The lowest BCUT2D eigenvalue weighted by atomic mass is 10.3. The normalized spacial score (nSPS) is 10.3. The average molecular weight is 326 g/mol. The lowest BCUT2D eigenvalue weighted by Gasteiger charge is -2.04. The summed E-state index contributed by atoms with van der Waals surface area (Å²) in [6.45, 7) is 0.540. The molecule has 0 atom stereocenters. The number of thiazole rings is 1. The highest BCUT2D eigenvalue weighted by molar-refractivity contribution is 9.10. The van der Waals surface area contributed by atoms with Crippen molar-refractivity contribution in [1.82, 2.24) is 4.98 Å². The third-order valence-electron chi connectivity index (χ3n) is 2.26. The second kappa shape index (κ2) is 6.08. The first-order chi connectivity index (χ1) is 8.70. The van der Waals surface area contributed by atoms with Crippen LogP contribution in [-0.4, -0.2) is 17.4 Å². The summed E-state index contributed by atoms with van der Waals surface area (Å²) in [5.74, 6) is -0.207. The SMILES string of the molecule is NCCc1nc(C(=O)Nc2ccccc2Br)cs1. The van der Waals surface area contributed by atoms with Crippen molar-refractivity contribution >= 4 is 38.9 Å². The third kappa shape index (κ3) is 3.16. The molecule has 1 heterocycles. The van der Waals surface area contributed by atoms with Gasteiger partial charge in [0.15, 0.2) is 0 Å². The van der Waals surface area contributed by atoms with Gasteiger partial charge in [0.25, 0.3) is 5.91 Å². The quantitative estimate of drug-likeness (QED) is 0.908. The molecule has 0 aliphatic carbocycles. The van der Waals surface area contributed by atoms with E-state index in [0.29, 0.717) is 18.7 Å². The van der Waals surface area contributed by atoms with E-state index in [-0.39, 0.29) is 5.91 Å². The summed E-state index contributed by atoms with van der Waals surface area (Å²) in [5, 5.41) is 5.44. The van der Waals surface area contributed by atoms with E-state index < -0.39 is 0 Å². The van der Waals surface area contributed by atoms with Crippen LogP contribution in [0.1, 0.15) is 15.5 Å². The molecular formula is C12H12BrN3OS. The molecule has 0 fully saturated rings. The van der Waals surface area contributed by atoms with E-state index in [1.54, 1.807) is 5.38 Å². The number of benzene rings is 1. The molecule has 3 N–H and O–H groups in total. The highest BCUT2D eigenvalue weighted by Crippen LogP contribution is 2.22. The maximum absolute atomic E-state index is 12.0. The van der Waals surface area contributed by atoms with Gasteiger partial charge in [0.05, 0.1) is 10.7 Å². The minimum atomic E-state index is -0.207. The molecular weight excluding hydrogens is 314 g/mol. The molecule has 1 aromatic carbocycles. The van der Waals surface area contributed by atoms with Gasteiger partial charge in [-0.1, -0.05) is 12.1 Å². The number of hydrogen-bond acceptors (Lipinski definition) is 4. The van der Waals surface area contributed by atoms with Crippen LogP contribution in [0.3, 0.4) is 0 Å². The molecule has 0 bridgehead atoms. The Morgan fingerprint density at radius 2 is 2.22 bits per heavy atom. The van der Waals surface area contributed by atoms with Crippen molar-refractivity contribution in [2.45, 2.75) is 6.42 Å². The molecule has 0 radical (unpaired) electrons. The van der Waals surface area contributed by atoms with Gasteiger partial charge in [0.1, 0.15) is 5.69 Å².